The molecule has 4 nitrogen and oxygen atoms in total. The number of nitrogens with zero attached hydrogens (tertiary/aromatic N) is 2. The smallest absolute Gasteiger partial charge is 0.162 e. The van der Waals surface area contributed by atoms with Gasteiger partial charge in [-0.25, -0.2) is 0 Å². The van der Waals surface area contributed by atoms with Gasteiger partial charge in [-0.3, -0.25) is 14.8 Å². The van der Waals surface area contributed by atoms with Crippen molar-refractivity contribution in [3.63, 3.8) is 0 Å². The molecule has 0 atom stereocenters. The topological polar surface area (TPSA) is 63.1 Å². The maximum atomic E-state index is 11.7. The molecule has 1 N–H and O–H groups in total. The minimum absolute atomic E-state index is 0. The van der Waals surface area contributed by atoms with Crippen LogP contribution in [0.4, 0.5) is 0 Å². The Hall–Kier alpha value is -3.92. The van der Waals surface area contributed by atoms with Crippen LogP contribution < -0.4 is 0 Å². The summed E-state index contributed by atoms with van der Waals surface area (Å²) in [6, 6.07) is 29.4. The second-order valence-corrected chi connectivity index (χ2v) is 13.1. The number of benzene rings is 3. The third-order valence-corrected chi connectivity index (χ3v) is 9.80. The van der Waals surface area contributed by atoms with E-state index in [4.69, 9.17) is 9.97 Å². The van der Waals surface area contributed by atoms with E-state index in [0.29, 0.717) is 5.92 Å². The van der Waals surface area contributed by atoms with E-state index in [9.17, 15) is 9.90 Å². The fraction of sp³-hybridized carbons (Fsp3) is 0.341. The zero-order valence-electron chi connectivity index (χ0n) is 29.7. The second kappa shape index (κ2) is 17.6. The summed E-state index contributed by atoms with van der Waals surface area (Å²) in [5.74, 6) is 0.979. The molecule has 1 aliphatic rings. The number of ketones is 1. The number of hydrogen-bond acceptors (Lipinski definition) is 4. The van der Waals surface area contributed by atoms with E-state index in [0.717, 1.165) is 60.9 Å². The predicted molar refractivity (Wildman–Crippen MR) is 200 cm³/mol. The molecule has 49 heavy (non-hydrogen) atoms. The molecule has 0 aliphatic heterocycles. The Morgan fingerprint density at radius 2 is 1.49 bits per heavy atom. The predicted octanol–water partition coefficient (Wildman–Crippen LogP) is 11.5. The standard InChI is InChI=1S/C31H25N2.C13H24O2.Ir/c1-20(2)29-18-24(16-22-10-6-7-11-26(22)29)31-27-13-12-23-17-25(21-8-4-3-5-9-21)19-33-30(23)28(27)14-15-32-31;1-5-10(6-2)12(14)9-13(15)11(7-3)8-4;/h3-11,14-15,17-20H,12-13H2,1-2H3;9-11,14H,5-8H2,1-4H3;/q-1;;/b;12-9-;. The van der Waals surface area contributed by atoms with E-state index >= 15 is 0 Å². The third-order valence-electron chi connectivity index (χ3n) is 9.80. The number of carbonyl (C=O) groups is 1. The first-order valence-corrected chi connectivity index (χ1v) is 17.7. The maximum absolute atomic E-state index is 11.7. The average Bonchev–Trinajstić information content (AvgIpc) is 3.12. The van der Waals surface area contributed by atoms with E-state index < -0.39 is 0 Å². The summed E-state index contributed by atoms with van der Waals surface area (Å²) in [7, 11) is 0. The van der Waals surface area contributed by atoms with Crippen molar-refractivity contribution in [3.05, 3.63) is 120 Å². The molecule has 5 heteroatoms. The number of allylic oxidation sites excluding steroid dienone is 2. The normalized spacial score (nSPS) is 12.3. The van der Waals surface area contributed by atoms with Crippen LogP contribution in [-0.2, 0) is 37.7 Å². The number of hydrogen-bond donors (Lipinski definition) is 1. The van der Waals surface area contributed by atoms with Crippen LogP contribution in [0.3, 0.4) is 0 Å². The zero-order chi connectivity index (χ0) is 34.2. The molecule has 2 aromatic heterocycles. The molecular weight excluding hydrogens is 781 g/mol. The van der Waals surface area contributed by atoms with E-state index in [1.165, 1.54) is 44.8 Å². The molecule has 0 saturated carbocycles. The monoisotopic (exact) mass is 830 g/mol. The Morgan fingerprint density at radius 3 is 2.16 bits per heavy atom. The van der Waals surface area contributed by atoms with Gasteiger partial charge < -0.3 is 5.11 Å². The fourth-order valence-electron chi connectivity index (χ4n) is 6.83. The van der Waals surface area contributed by atoms with Gasteiger partial charge in [0.1, 0.15) is 0 Å². The number of aryl methyl sites for hydroxylation is 1. The Labute approximate surface area is 306 Å². The Kier molecular flexibility index (Phi) is 13.6. The van der Waals surface area contributed by atoms with Crippen molar-refractivity contribution in [3.8, 4) is 33.6 Å². The number of aliphatic hydroxyl groups excluding tert-OH is 1. The Bertz CT molecular complexity index is 1890. The Balaban J connectivity index is 0.000000290. The van der Waals surface area contributed by atoms with E-state index in [2.05, 4.69) is 92.7 Å². The number of carbonyl (C=O) groups excluding carboxylic acids is 1. The molecule has 5 aromatic rings. The largest absolute Gasteiger partial charge is 0.512 e. The fourth-order valence-corrected chi connectivity index (χ4v) is 6.83. The van der Waals surface area contributed by atoms with Crippen molar-refractivity contribution in [2.24, 2.45) is 11.8 Å². The zero-order valence-corrected chi connectivity index (χ0v) is 32.1. The molecule has 0 bridgehead atoms. The average molecular weight is 830 g/mol. The van der Waals surface area contributed by atoms with Crippen LogP contribution in [0.25, 0.3) is 44.4 Å². The minimum Gasteiger partial charge on any atom is -0.512 e. The second-order valence-electron chi connectivity index (χ2n) is 13.1. The van der Waals surface area contributed by atoms with Crippen molar-refractivity contribution < 1.29 is 30.0 Å². The SMILES string of the molecule is CC(C)c1cc(-c2nccc3c2CCc2cc(-c4ccccc4)cnc2-3)[c-]c2ccccc12.CCC(CC)C(=O)/C=C(\O)C(CC)CC.[Ir]. The van der Waals surface area contributed by atoms with Crippen LogP contribution in [0, 0.1) is 17.9 Å². The molecular formula is C44H49IrN2O2-. The van der Waals surface area contributed by atoms with Gasteiger partial charge in [0.05, 0.1) is 11.5 Å². The summed E-state index contributed by atoms with van der Waals surface area (Å²) in [6.07, 6.45) is 10.8. The van der Waals surface area contributed by atoms with Gasteiger partial charge in [-0.15, -0.1) is 29.1 Å². The third kappa shape index (κ3) is 8.63. The van der Waals surface area contributed by atoms with Crippen molar-refractivity contribution in [2.45, 2.75) is 86.0 Å². The van der Waals surface area contributed by atoms with Gasteiger partial charge in [0.2, 0.25) is 0 Å². The molecule has 0 unspecified atom stereocenters. The van der Waals surface area contributed by atoms with Gasteiger partial charge in [0.25, 0.3) is 0 Å². The van der Waals surface area contributed by atoms with Gasteiger partial charge in [0.15, 0.2) is 5.78 Å². The van der Waals surface area contributed by atoms with Crippen LogP contribution >= 0.6 is 0 Å². The van der Waals surface area contributed by atoms with Gasteiger partial charge in [-0.2, -0.15) is 0 Å². The molecule has 0 spiro atoms. The molecule has 6 rings (SSSR count). The first kappa shape index (κ1) is 37.9. The quantitative estimate of drug-likeness (QED) is 0.0865. The van der Waals surface area contributed by atoms with Gasteiger partial charge in [-0.1, -0.05) is 101 Å². The molecule has 1 aliphatic carbocycles. The van der Waals surface area contributed by atoms with Gasteiger partial charge in [0, 0.05) is 61.7 Å². The number of aliphatic hydroxyl groups is 1. The summed E-state index contributed by atoms with van der Waals surface area (Å²) >= 11 is 0. The summed E-state index contributed by atoms with van der Waals surface area (Å²) < 4.78 is 0. The van der Waals surface area contributed by atoms with E-state index in [1.54, 1.807) is 0 Å². The van der Waals surface area contributed by atoms with Crippen molar-refractivity contribution in [1.29, 1.82) is 0 Å². The first-order chi connectivity index (χ1) is 23.3. The van der Waals surface area contributed by atoms with Gasteiger partial charge in [-0.05, 0) is 78.8 Å². The number of pyridine rings is 2. The van der Waals surface area contributed by atoms with Gasteiger partial charge >= 0.3 is 0 Å². The van der Waals surface area contributed by atoms with Crippen LogP contribution in [0.1, 0.15) is 89.8 Å². The molecule has 257 valence electrons. The van der Waals surface area contributed by atoms with Crippen molar-refractivity contribution in [1.82, 2.24) is 9.97 Å². The maximum Gasteiger partial charge on any atom is 0.162 e. The summed E-state index contributed by atoms with van der Waals surface area (Å²) in [5.41, 5.74) is 10.7. The molecule has 3 aromatic carbocycles. The van der Waals surface area contributed by atoms with Crippen molar-refractivity contribution >= 4 is 16.6 Å². The molecule has 0 amide bonds. The molecule has 1 radical (unpaired) electrons. The van der Waals surface area contributed by atoms with E-state index in [-0.39, 0.29) is 43.5 Å². The number of rotatable bonds is 10. The van der Waals surface area contributed by atoms with Crippen LogP contribution in [0.5, 0.6) is 0 Å². The minimum atomic E-state index is 0. The van der Waals surface area contributed by atoms with Crippen LogP contribution in [0.15, 0.2) is 97.0 Å². The van der Waals surface area contributed by atoms with Crippen LogP contribution in [-0.4, -0.2) is 20.9 Å². The Morgan fingerprint density at radius 1 is 0.816 bits per heavy atom. The summed E-state index contributed by atoms with van der Waals surface area (Å²) in [6.45, 7) is 12.6. The molecule has 0 saturated heterocycles. The summed E-state index contributed by atoms with van der Waals surface area (Å²) in [4.78, 5) is 21.5. The van der Waals surface area contributed by atoms with Crippen molar-refractivity contribution in [2.75, 3.05) is 0 Å². The van der Waals surface area contributed by atoms with E-state index in [1.807, 2.05) is 40.1 Å². The van der Waals surface area contributed by atoms with Crippen LogP contribution in [0.2, 0.25) is 0 Å². The molecule has 0 fully saturated rings. The first-order valence-electron chi connectivity index (χ1n) is 17.7. The molecule has 2 heterocycles. The number of fused-ring (bicyclic) bond motifs is 4. The number of aromatic nitrogens is 2. The summed E-state index contributed by atoms with van der Waals surface area (Å²) in [5, 5.41) is 12.2.